The molecule has 0 aromatic carbocycles. The fourth-order valence-electron chi connectivity index (χ4n) is 1.34. The first kappa shape index (κ1) is 10.6. The molecule has 0 aromatic rings. The standard InChI is InChI=1S/C11H20OSi/c1-10-7-5-6-8-11(10)9-12-13(2,3)4/h7,9H,5-6,8H2,1-4H3/b11-9+. The fraction of sp³-hybridized carbons (Fsp3) is 0.636. The van der Waals surface area contributed by atoms with Crippen molar-refractivity contribution in [2.24, 2.45) is 0 Å². The maximum Gasteiger partial charge on any atom is 0.241 e. The third-order valence-electron chi connectivity index (χ3n) is 2.16. The summed E-state index contributed by atoms with van der Waals surface area (Å²) in [6, 6.07) is 0. The van der Waals surface area contributed by atoms with Crippen LogP contribution in [0.2, 0.25) is 19.6 Å². The molecule has 13 heavy (non-hydrogen) atoms. The molecule has 1 rings (SSSR count). The zero-order valence-corrected chi connectivity index (χ0v) is 10.2. The van der Waals surface area contributed by atoms with E-state index in [9.17, 15) is 0 Å². The Balaban J connectivity index is 2.60. The van der Waals surface area contributed by atoms with Gasteiger partial charge in [0.15, 0.2) is 0 Å². The molecule has 0 unspecified atom stereocenters. The van der Waals surface area contributed by atoms with Crippen molar-refractivity contribution in [2.75, 3.05) is 0 Å². The zero-order valence-electron chi connectivity index (χ0n) is 9.18. The van der Waals surface area contributed by atoms with Gasteiger partial charge in [-0.25, -0.2) is 0 Å². The van der Waals surface area contributed by atoms with Gasteiger partial charge in [-0.3, -0.25) is 0 Å². The molecule has 0 saturated carbocycles. The fourth-order valence-corrected chi connectivity index (χ4v) is 1.83. The lowest BCUT2D eigenvalue weighted by Crippen LogP contribution is -2.22. The van der Waals surface area contributed by atoms with Crippen molar-refractivity contribution >= 4 is 8.32 Å². The predicted molar refractivity (Wildman–Crippen MR) is 60.1 cm³/mol. The van der Waals surface area contributed by atoms with Gasteiger partial charge in [-0.2, -0.15) is 0 Å². The Labute approximate surface area is 82.6 Å². The summed E-state index contributed by atoms with van der Waals surface area (Å²) in [6.07, 6.45) is 8.00. The molecule has 0 amide bonds. The van der Waals surface area contributed by atoms with Crippen LogP contribution in [0.5, 0.6) is 0 Å². The zero-order chi connectivity index (χ0) is 9.90. The predicted octanol–water partition coefficient (Wildman–Crippen LogP) is 3.85. The van der Waals surface area contributed by atoms with Crippen LogP contribution < -0.4 is 0 Å². The van der Waals surface area contributed by atoms with Crippen LogP contribution in [0.1, 0.15) is 26.2 Å². The Morgan fingerprint density at radius 1 is 1.38 bits per heavy atom. The van der Waals surface area contributed by atoms with Gasteiger partial charge in [0.2, 0.25) is 8.32 Å². The van der Waals surface area contributed by atoms with Gasteiger partial charge in [-0.05, 0) is 57.0 Å². The summed E-state index contributed by atoms with van der Waals surface area (Å²) in [7, 11) is -1.37. The quantitative estimate of drug-likeness (QED) is 0.481. The first-order chi connectivity index (χ1) is 5.99. The molecule has 2 heteroatoms. The van der Waals surface area contributed by atoms with E-state index >= 15 is 0 Å². The average Bonchev–Trinajstić information content (AvgIpc) is 2.01. The second-order valence-electron chi connectivity index (χ2n) is 4.65. The lowest BCUT2D eigenvalue weighted by atomic mass is 9.96. The van der Waals surface area contributed by atoms with Gasteiger partial charge in [0, 0.05) is 0 Å². The number of hydrogen-bond acceptors (Lipinski definition) is 1. The molecule has 0 heterocycles. The summed E-state index contributed by atoms with van der Waals surface area (Å²) in [5, 5.41) is 0. The van der Waals surface area contributed by atoms with E-state index in [0.29, 0.717) is 0 Å². The van der Waals surface area contributed by atoms with Crippen molar-refractivity contribution in [1.29, 1.82) is 0 Å². The van der Waals surface area contributed by atoms with E-state index in [2.05, 4.69) is 32.6 Å². The Kier molecular flexibility index (Phi) is 3.37. The molecule has 0 bridgehead atoms. The van der Waals surface area contributed by atoms with E-state index in [4.69, 9.17) is 4.43 Å². The normalized spacial score (nSPS) is 21.5. The third kappa shape index (κ3) is 3.81. The van der Waals surface area contributed by atoms with Crippen molar-refractivity contribution in [1.82, 2.24) is 0 Å². The average molecular weight is 196 g/mol. The van der Waals surface area contributed by atoms with E-state index in [1.807, 2.05) is 6.26 Å². The summed E-state index contributed by atoms with van der Waals surface area (Å²) in [5.74, 6) is 0. The molecular weight excluding hydrogens is 176 g/mol. The van der Waals surface area contributed by atoms with Crippen LogP contribution in [0.4, 0.5) is 0 Å². The molecule has 0 fully saturated rings. The van der Waals surface area contributed by atoms with Gasteiger partial charge < -0.3 is 4.43 Å². The minimum Gasteiger partial charge on any atom is -0.549 e. The summed E-state index contributed by atoms with van der Waals surface area (Å²) in [4.78, 5) is 0. The van der Waals surface area contributed by atoms with E-state index in [1.54, 1.807) is 0 Å². The van der Waals surface area contributed by atoms with Crippen molar-refractivity contribution in [3.63, 3.8) is 0 Å². The monoisotopic (exact) mass is 196 g/mol. The van der Waals surface area contributed by atoms with Gasteiger partial charge in [0.05, 0.1) is 6.26 Å². The van der Waals surface area contributed by atoms with Crippen LogP contribution in [0, 0.1) is 0 Å². The van der Waals surface area contributed by atoms with Crippen molar-refractivity contribution < 1.29 is 4.43 Å². The molecule has 0 saturated heterocycles. The second-order valence-corrected chi connectivity index (χ2v) is 9.11. The van der Waals surface area contributed by atoms with Crippen molar-refractivity contribution in [3.8, 4) is 0 Å². The number of hydrogen-bond donors (Lipinski definition) is 0. The number of allylic oxidation sites excluding steroid dienone is 3. The summed E-state index contributed by atoms with van der Waals surface area (Å²) in [5.41, 5.74) is 2.80. The number of rotatable bonds is 2. The Morgan fingerprint density at radius 3 is 2.62 bits per heavy atom. The van der Waals surface area contributed by atoms with E-state index in [0.717, 1.165) is 0 Å². The van der Waals surface area contributed by atoms with Crippen LogP contribution in [-0.2, 0) is 4.43 Å². The highest BCUT2D eigenvalue weighted by molar-refractivity contribution is 6.69. The smallest absolute Gasteiger partial charge is 0.241 e. The maximum atomic E-state index is 5.78. The highest BCUT2D eigenvalue weighted by Gasteiger charge is 2.14. The Bertz CT molecular complexity index is 233. The molecule has 0 N–H and O–H groups in total. The molecule has 1 aliphatic carbocycles. The summed E-state index contributed by atoms with van der Waals surface area (Å²) in [6.45, 7) is 8.82. The molecule has 0 atom stereocenters. The second kappa shape index (κ2) is 4.14. The van der Waals surface area contributed by atoms with Crippen LogP contribution in [0.3, 0.4) is 0 Å². The first-order valence-corrected chi connectivity index (χ1v) is 8.44. The Hall–Kier alpha value is -0.503. The lowest BCUT2D eigenvalue weighted by Gasteiger charge is -2.19. The molecule has 0 aromatic heterocycles. The highest BCUT2D eigenvalue weighted by atomic mass is 28.4. The molecule has 0 radical (unpaired) electrons. The molecule has 0 aliphatic heterocycles. The lowest BCUT2D eigenvalue weighted by molar-refractivity contribution is 0.470. The van der Waals surface area contributed by atoms with Crippen LogP contribution in [-0.4, -0.2) is 8.32 Å². The largest absolute Gasteiger partial charge is 0.549 e. The maximum absolute atomic E-state index is 5.78. The Morgan fingerprint density at radius 2 is 2.08 bits per heavy atom. The summed E-state index contributed by atoms with van der Waals surface area (Å²) < 4.78 is 5.78. The van der Waals surface area contributed by atoms with Gasteiger partial charge >= 0.3 is 0 Å². The molecule has 1 aliphatic rings. The van der Waals surface area contributed by atoms with Crippen LogP contribution in [0.25, 0.3) is 0 Å². The van der Waals surface area contributed by atoms with E-state index in [1.165, 1.54) is 30.4 Å². The third-order valence-corrected chi connectivity index (χ3v) is 2.99. The topological polar surface area (TPSA) is 9.23 Å². The molecule has 1 nitrogen and oxygen atoms in total. The van der Waals surface area contributed by atoms with Crippen molar-refractivity contribution in [3.05, 3.63) is 23.5 Å². The highest BCUT2D eigenvalue weighted by Crippen LogP contribution is 2.23. The molecular formula is C11H20OSi. The van der Waals surface area contributed by atoms with Gasteiger partial charge in [0.25, 0.3) is 0 Å². The molecule has 74 valence electrons. The SMILES string of the molecule is CC1=CCCC/C1=C\O[Si](C)(C)C. The first-order valence-electron chi connectivity index (χ1n) is 5.03. The van der Waals surface area contributed by atoms with E-state index < -0.39 is 8.32 Å². The summed E-state index contributed by atoms with van der Waals surface area (Å²) >= 11 is 0. The van der Waals surface area contributed by atoms with Gasteiger partial charge in [-0.15, -0.1) is 0 Å². The minimum absolute atomic E-state index is 1.19. The van der Waals surface area contributed by atoms with Crippen molar-refractivity contribution in [2.45, 2.75) is 45.8 Å². The minimum atomic E-state index is -1.37. The van der Waals surface area contributed by atoms with E-state index in [-0.39, 0.29) is 0 Å². The molecule has 0 spiro atoms. The van der Waals surface area contributed by atoms with Crippen LogP contribution >= 0.6 is 0 Å². The van der Waals surface area contributed by atoms with Gasteiger partial charge in [0.1, 0.15) is 0 Å². The van der Waals surface area contributed by atoms with Crippen LogP contribution in [0.15, 0.2) is 23.5 Å². The van der Waals surface area contributed by atoms with Gasteiger partial charge in [-0.1, -0.05) is 6.08 Å².